The van der Waals surface area contributed by atoms with Crippen molar-refractivity contribution in [1.29, 1.82) is 0 Å². The molecule has 1 spiro atoms. The number of Topliss-reactive ketones (excluding diaryl/α,β-unsaturated/α-hetero) is 1. The van der Waals surface area contributed by atoms with Crippen LogP contribution in [0.15, 0.2) is 11.6 Å². The number of ether oxygens (including phenoxy) is 2. The lowest BCUT2D eigenvalue weighted by Gasteiger charge is -2.47. The second kappa shape index (κ2) is 4.71. The van der Waals surface area contributed by atoms with Gasteiger partial charge < -0.3 is 9.47 Å². The highest BCUT2D eigenvalue weighted by molar-refractivity contribution is 6.29. The first-order valence-electron chi connectivity index (χ1n) is 6.17. The molecule has 0 aromatic heterocycles. The van der Waals surface area contributed by atoms with Crippen LogP contribution in [0.2, 0.25) is 0 Å². The molecule has 0 aromatic carbocycles. The molecule has 1 heterocycles. The second-order valence-corrected chi connectivity index (χ2v) is 5.74. The van der Waals surface area contributed by atoms with Crippen LogP contribution in [0.1, 0.15) is 45.4 Å². The van der Waals surface area contributed by atoms with Crippen molar-refractivity contribution in [3.63, 3.8) is 0 Å². The van der Waals surface area contributed by atoms with Gasteiger partial charge in [0.15, 0.2) is 11.6 Å². The molecule has 0 bridgehead atoms. The highest BCUT2D eigenvalue weighted by Crippen LogP contribution is 2.41. The summed E-state index contributed by atoms with van der Waals surface area (Å²) >= 11 is 5.83. The Labute approximate surface area is 107 Å². The van der Waals surface area contributed by atoms with E-state index in [2.05, 4.69) is 6.58 Å². The third-order valence-electron chi connectivity index (χ3n) is 3.61. The molecule has 1 aliphatic carbocycles. The Hall–Kier alpha value is -0.380. The summed E-state index contributed by atoms with van der Waals surface area (Å²) in [5, 5.41) is 0.453. The predicted molar refractivity (Wildman–Crippen MR) is 65.9 cm³/mol. The summed E-state index contributed by atoms with van der Waals surface area (Å²) in [6, 6.07) is 0. The van der Waals surface area contributed by atoms with E-state index in [0.717, 1.165) is 25.7 Å². The standard InChI is InChI=1S/C13H19ClO3/c1-10(14)8-12(2)11(15)9-16-13(17-12)6-4-3-5-7-13/h1,3-9H2,2H3/t12-/m0/s1. The molecule has 1 atom stereocenters. The van der Waals surface area contributed by atoms with Crippen LogP contribution in [-0.2, 0) is 14.3 Å². The van der Waals surface area contributed by atoms with Gasteiger partial charge in [0.2, 0.25) is 0 Å². The number of carbonyl (C=O) groups is 1. The zero-order chi connectivity index (χ0) is 12.5. The predicted octanol–water partition coefficient (Wildman–Crippen LogP) is 3.16. The number of rotatable bonds is 2. The Morgan fingerprint density at radius 1 is 1.41 bits per heavy atom. The first-order chi connectivity index (χ1) is 7.96. The van der Waals surface area contributed by atoms with E-state index >= 15 is 0 Å². The molecule has 1 saturated heterocycles. The van der Waals surface area contributed by atoms with Crippen molar-refractivity contribution >= 4 is 17.4 Å². The zero-order valence-corrected chi connectivity index (χ0v) is 11.0. The fraction of sp³-hybridized carbons (Fsp3) is 0.769. The topological polar surface area (TPSA) is 35.5 Å². The average Bonchev–Trinajstić information content (AvgIpc) is 2.24. The van der Waals surface area contributed by atoms with Gasteiger partial charge in [0.25, 0.3) is 0 Å². The molecule has 2 fully saturated rings. The van der Waals surface area contributed by atoms with Gasteiger partial charge >= 0.3 is 0 Å². The fourth-order valence-electron chi connectivity index (χ4n) is 2.68. The second-order valence-electron chi connectivity index (χ2n) is 5.21. The molecule has 2 rings (SSSR count). The van der Waals surface area contributed by atoms with Gasteiger partial charge in [0, 0.05) is 24.3 Å². The Kier molecular flexibility index (Phi) is 3.62. The quantitative estimate of drug-likeness (QED) is 0.763. The summed E-state index contributed by atoms with van der Waals surface area (Å²) < 4.78 is 11.7. The number of hydrogen-bond acceptors (Lipinski definition) is 3. The van der Waals surface area contributed by atoms with Crippen molar-refractivity contribution in [1.82, 2.24) is 0 Å². The van der Waals surface area contributed by atoms with E-state index in [1.54, 1.807) is 6.92 Å². The van der Waals surface area contributed by atoms with Gasteiger partial charge in [-0.2, -0.15) is 0 Å². The zero-order valence-electron chi connectivity index (χ0n) is 10.3. The molecule has 0 aromatic rings. The fourth-order valence-corrected chi connectivity index (χ4v) is 2.94. The Morgan fingerprint density at radius 3 is 2.65 bits per heavy atom. The SMILES string of the molecule is C=C(Cl)C[C@]1(C)OC2(CCCCC2)OCC1=O. The molecule has 17 heavy (non-hydrogen) atoms. The van der Waals surface area contributed by atoms with E-state index in [4.69, 9.17) is 21.1 Å². The van der Waals surface area contributed by atoms with E-state index in [9.17, 15) is 4.79 Å². The minimum Gasteiger partial charge on any atom is -0.342 e. The maximum Gasteiger partial charge on any atom is 0.190 e. The minimum atomic E-state index is -0.867. The van der Waals surface area contributed by atoms with Crippen LogP contribution < -0.4 is 0 Å². The van der Waals surface area contributed by atoms with Crippen molar-refractivity contribution < 1.29 is 14.3 Å². The Morgan fingerprint density at radius 2 is 2.06 bits per heavy atom. The molecule has 0 N–H and O–H groups in total. The van der Waals surface area contributed by atoms with Gasteiger partial charge in [0.05, 0.1) is 0 Å². The lowest BCUT2D eigenvalue weighted by molar-refractivity contribution is -0.311. The minimum absolute atomic E-state index is 0.0458. The molecule has 0 unspecified atom stereocenters. The monoisotopic (exact) mass is 258 g/mol. The lowest BCUT2D eigenvalue weighted by Crippen LogP contribution is -2.57. The first-order valence-corrected chi connectivity index (χ1v) is 6.54. The van der Waals surface area contributed by atoms with E-state index in [1.165, 1.54) is 6.42 Å². The molecule has 96 valence electrons. The van der Waals surface area contributed by atoms with E-state index < -0.39 is 11.4 Å². The van der Waals surface area contributed by atoms with Gasteiger partial charge in [-0.25, -0.2) is 0 Å². The molecule has 4 heteroatoms. The van der Waals surface area contributed by atoms with Crippen LogP contribution in [0.4, 0.5) is 0 Å². The maximum atomic E-state index is 11.9. The maximum absolute atomic E-state index is 11.9. The van der Waals surface area contributed by atoms with Gasteiger partial charge in [-0.3, -0.25) is 4.79 Å². The van der Waals surface area contributed by atoms with Gasteiger partial charge in [-0.05, 0) is 19.8 Å². The van der Waals surface area contributed by atoms with Crippen LogP contribution in [0.5, 0.6) is 0 Å². The largest absolute Gasteiger partial charge is 0.342 e. The molecule has 1 saturated carbocycles. The lowest BCUT2D eigenvalue weighted by atomic mass is 9.89. The highest BCUT2D eigenvalue weighted by Gasteiger charge is 2.49. The van der Waals surface area contributed by atoms with E-state index in [0.29, 0.717) is 11.5 Å². The third-order valence-corrected chi connectivity index (χ3v) is 3.75. The number of halogens is 1. The summed E-state index contributed by atoms with van der Waals surface area (Å²) in [5.74, 6) is -0.608. The first kappa shape index (κ1) is 13.1. The van der Waals surface area contributed by atoms with E-state index in [-0.39, 0.29) is 12.4 Å². The third kappa shape index (κ3) is 2.72. The van der Waals surface area contributed by atoms with E-state index in [1.807, 2.05) is 0 Å². The van der Waals surface area contributed by atoms with Crippen molar-refractivity contribution in [2.75, 3.05) is 6.61 Å². The van der Waals surface area contributed by atoms with Crippen LogP contribution >= 0.6 is 11.6 Å². The molecular formula is C13H19ClO3. The Bertz CT molecular complexity index is 334. The van der Waals surface area contributed by atoms with Gasteiger partial charge in [0.1, 0.15) is 12.2 Å². The van der Waals surface area contributed by atoms with Crippen molar-refractivity contribution in [2.45, 2.75) is 56.8 Å². The molecule has 0 radical (unpaired) electrons. The van der Waals surface area contributed by atoms with Crippen molar-refractivity contribution in [3.05, 3.63) is 11.6 Å². The van der Waals surface area contributed by atoms with Gasteiger partial charge in [-0.15, -0.1) is 0 Å². The number of ketones is 1. The van der Waals surface area contributed by atoms with Crippen molar-refractivity contribution in [3.8, 4) is 0 Å². The molecule has 2 aliphatic rings. The molecule has 1 aliphatic heterocycles. The average molecular weight is 259 g/mol. The van der Waals surface area contributed by atoms with Crippen molar-refractivity contribution in [2.24, 2.45) is 0 Å². The summed E-state index contributed by atoms with van der Waals surface area (Å²) in [6.07, 6.45) is 5.48. The Balaban J connectivity index is 2.15. The molecular weight excluding hydrogens is 240 g/mol. The number of carbonyl (C=O) groups excluding carboxylic acids is 1. The molecule has 3 nitrogen and oxygen atoms in total. The summed E-state index contributed by atoms with van der Waals surface area (Å²) in [4.78, 5) is 11.9. The summed E-state index contributed by atoms with van der Waals surface area (Å²) in [6.45, 7) is 5.57. The summed E-state index contributed by atoms with van der Waals surface area (Å²) in [7, 11) is 0. The van der Waals surface area contributed by atoms with Gasteiger partial charge in [-0.1, -0.05) is 24.6 Å². The van der Waals surface area contributed by atoms with Crippen LogP contribution in [-0.4, -0.2) is 23.8 Å². The van der Waals surface area contributed by atoms with Crippen LogP contribution in [0.3, 0.4) is 0 Å². The number of hydrogen-bond donors (Lipinski definition) is 0. The normalized spacial score (nSPS) is 32.7. The highest BCUT2D eigenvalue weighted by atomic mass is 35.5. The smallest absolute Gasteiger partial charge is 0.190 e. The van der Waals surface area contributed by atoms with Crippen LogP contribution in [0.25, 0.3) is 0 Å². The molecule has 0 amide bonds. The van der Waals surface area contributed by atoms with Crippen LogP contribution in [0, 0.1) is 0 Å². The summed E-state index contributed by atoms with van der Waals surface area (Å²) in [5.41, 5.74) is -0.867.